The second-order valence-electron chi connectivity index (χ2n) is 5.69. The number of ether oxygens (including phenoxy) is 2. The summed E-state index contributed by atoms with van der Waals surface area (Å²) in [6.45, 7) is 5.39. The normalized spacial score (nSPS) is 16.0. The molecule has 3 heteroatoms. The summed E-state index contributed by atoms with van der Waals surface area (Å²) in [5, 5.41) is 2.31. The van der Waals surface area contributed by atoms with E-state index in [1.165, 1.54) is 31.2 Å². The van der Waals surface area contributed by atoms with Gasteiger partial charge in [0, 0.05) is 5.56 Å². The van der Waals surface area contributed by atoms with Crippen molar-refractivity contribution in [2.24, 2.45) is 0 Å². The van der Waals surface area contributed by atoms with Gasteiger partial charge in [0.05, 0.1) is 19.3 Å². The fourth-order valence-electron chi connectivity index (χ4n) is 2.49. The van der Waals surface area contributed by atoms with Crippen LogP contribution in [0.4, 0.5) is 0 Å². The first-order chi connectivity index (χ1) is 9.19. The molecule has 1 aromatic carbocycles. The Labute approximate surface area is 116 Å². The molecule has 2 N–H and O–H groups in total. The molecule has 3 nitrogen and oxygen atoms in total. The summed E-state index contributed by atoms with van der Waals surface area (Å²) in [6, 6.07) is 6.91. The van der Waals surface area contributed by atoms with Crippen LogP contribution >= 0.6 is 0 Å². The van der Waals surface area contributed by atoms with E-state index < -0.39 is 0 Å². The van der Waals surface area contributed by atoms with E-state index >= 15 is 0 Å². The molecule has 0 amide bonds. The van der Waals surface area contributed by atoms with Crippen LogP contribution in [0.3, 0.4) is 0 Å². The number of methoxy groups -OCH3 is 1. The molecule has 0 heterocycles. The van der Waals surface area contributed by atoms with Gasteiger partial charge in [-0.15, -0.1) is 0 Å². The topological polar surface area (TPSA) is 35.1 Å². The Balaban J connectivity index is 2.02. The van der Waals surface area contributed by atoms with Crippen molar-refractivity contribution in [3.05, 3.63) is 23.8 Å². The van der Waals surface area contributed by atoms with Crippen LogP contribution in [0.1, 0.15) is 45.1 Å². The Bertz CT molecular complexity index is 398. The van der Waals surface area contributed by atoms with Gasteiger partial charge in [0.15, 0.2) is 11.5 Å². The minimum absolute atomic E-state index is 0.377. The summed E-state index contributed by atoms with van der Waals surface area (Å²) >= 11 is 0. The van der Waals surface area contributed by atoms with Crippen molar-refractivity contribution >= 4 is 0 Å². The van der Waals surface area contributed by atoms with E-state index in [2.05, 4.69) is 37.4 Å². The Morgan fingerprint density at radius 1 is 1.21 bits per heavy atom. The molecule has 1 aliphatic rings. The largest absolute Gasteiger partial charge is 0.493 e. The zero-order valence-electron chi connectivity index (χ0n) is 12.3. The highest BCUT2D eigenvalue weighted by Crippen LogP contribution is 2.32. The molecule has 0 bridgehead atoms. The fourth-order valence-corrected chi connectivity index (χ4v) is 2.49. The lowest BCUT2D eigenvalue weighted by atomic mass is 10.2. The van der Waals surface area contributed by atoms with Gasteiger partial charge in [-0.3, -0.25) is 0 Å². The Morgan fingerprint density at radius 2 is 1.95 bits per heavy atom. The molecule has 0 radical (unpaired) electrons. The van der Waals surface area contributed by atoms with E-state index in [1.54, 1.807) is 7.11 Å². The standard InChI is InChI=1S/C16H25NO2/c1-12(2)17-11-13-8-9-15(16(10-13)18-3)19-14-6-4-5-7-14/h8-10,12,14,17H,4-7,11H2,1-3H3/p+1. The van der Waals surface area contributed by atoms with Crippen LogP contribution in [0.15, 0.2) is 18.2 Å². The van der Waals surface area contributed by atoms with Crippen molar-refractivity contribution in [3.8, 4) is 11.5 Å². The first-order valence-corrected chi connectivity index (χ1v) is 7.36. The average Bonchev–Trinajstić information content (AvgIpc) is 2.90. The molecule has 1 aromatic rings. The number of quaternary nitrogens is 1. The van der Waals surface area contributed by atoms with Crippen molar-refractivity contribution in [1.29, 1.82) is 0 Å². The van der Waals surface area contributed by atoms with Crippen LogP contribution in [0.2, 0.25) is 0 Å². The van der Waals surface area contributed by atoms with Crippen molar-refractivity contribution < 1.29 is 14.8 Å². The molecule has 19 heavy (non-hydrogen) atoms. The zero-order chi connectivity index (χ0) is 13.7. The van der Waals surface area contributed by atoms with Crippen LogP contribution in [0, 0.1) is 0 Å². The van der Waals surface area contributed by atoms with Gasteiger partial charge in [0.2, 0.25) is 0 Å². The Kier molecular flexibility index (Phi) is 5.08. The van der Waals surface area contributed by atoms with Crippen molar-refractivity contribution in [2.45, 2.75) is 58.2 Å². The van der Waals surface area contributed by atoms with Gasteiger partial charge < -0.3 is 14.8 Å². The van der Waals surface area contributed by atoms with Crippen LogP contribution in [-0.4, -0.2) is 19.3 Å². The van der Waals surface area contributed by atoms with Crippen LogP contribution in [0.25, 0.3) is 0 Å². The van der Waals surface area contributed by atoms with E-state index in [0.29, 0.717) is 12.1 Å². The molecule has 1 fully saturated rings. The molecule has 0 saturated heterocycles. The highest BCUT2D eigenvalue weighted by Gasteiger charge is 2.18. The second-order valence-corrected chi connectivity index (χ2v) is 5.69. The summed E-state index contributed by atoms with van der Waals surface area (Å²) in [6.07, 6.45) is 5.29. The van der Waals surface area contributed by atoms with Crippen LogP contribution in [0.5, 0.6) is 11.5 Å². The van der Waals surface area contributed by atoms with Crippen molar-refractivity contribution in [3.63, 3.8) is 0 Å². The van der Waals surface area contributed by atoms with Crippen molar-refractivity contribution in [2.75, 3.05) is 7.11 Å². The van der Waals surface area contributed by atoms with E-state index in [-0.39, 0.29) is 0 Å². The van der Waals surface area contributed by atoms with E-state index in [4.69, 9.17) is 9.47 Å². The lowest BCUT2D eigenvalue weighted by Crippen LogP contribution is -2.86. The monoisotopic (exact) mass is 264 g/mol. The fraction of sp³-hybridized carbons (Fsp3) is 0.625. The molecule has 2 rings (SSSR count). The highest BCUT2D eigenvalue weighted by molar-refractivity contribution is 5.42. The lowest BCUT2D eigenvalue weighted by molar-refractivity contribution is -0.698. The summed E-state index contributed by atoms with van der Waals surface area (Å²) in [4.78, 5) is 0. The summed E-state index contributed by atoms with van der Waals surface area (Å²) in [7, 11) is 1.72. The number of hydrogen-bond acceptors (Lipinski definition) is 2. The molecule has 0 unspecified atom stereocenters. The summed E-state index contributed by atoms with van der Waals surface area (Å²) in [5.74, 6) is 1.75. The SMILES string of the molecule is COc1cc(C[NH2+]C(C)C)ccc1OC1CCCC1. The molecule has 0 atom stereocenters. The minimum atomic E-state index is 0.377. The molecule has 1 aliphatic carbocycles. The smallest absolute Gasteiger partial charge is 0.161 e. The molecule has 0 spiro atoms. The maximum Gasteiger partial charge on any atom is 0.161 e. The molecular weight excluding hydrogens is 238 g/mol. The van der Waals surface area contributed by atoms with E-state index in [9.17, 15) is 0 Å². The first-order valence-electron chi connectivity index (χ1n) is 7.36. The maximum absolute atomic E-state index is 6.04. The van der Waals surface area contributed by atoms with Crippen LogP contribution in [-0.2, 0) is 6.54 Å². The predicted molar refractivity (Wildman–Crippen MR) is 76.6 cm³/mol. The third kappa shape index (κ3) is 4.13. The number of rotatable bonds is 6. The molecule has 0 aliphatic heterocycles. The van der Waals surface area contributed by atoms with Crippen LogP contribution < -0.4 is 14.8 Å². The molecule has 106 valence electrons. The number of hydrogen-bond donors (Lipinski definition) is 1. The third-order valence-corrected chi connectivity index (χ3v) is 3.65. The van der Waals surface area contributed by atoms with Crippen molar-refractivity contribution in [1.82, 2.24) is 0 Å². The lowest BCUT2D eigenvalue weighted by Gasteiger charge is -2.16. The minimum Gasteiger partial charge on any atom is -0.493 e. The Morgan fingerprint density at radius 3 is 2.58 bits per heavy atom. The highest BCUT2D eigenvalue weighted by atomic mass is 16.5. The number of benzene rings is 1. The summed E-state index contributed by atoms with van der Waals surface area (Å²) in [5.41, 5.74) is 1.28. The van der Waals surface area contributed by atoms with Gasteiger partial charge >= 0.3 is 0 Å². The number of nitrogens with two attached hydrogens (primary N) is 1. The van der Waals surface area contributed by atoms with Gasteiger partial charge in [-0.25, -0.2) is 0 Å². The molecule has 1 saturated carbocycles. The summed E-state index contributed by atoms with van der Waals surface area (Å²) < 4.78 is 11.5. The first kappa shape index (κ1) is 14.2. The van der Waals surface area contributed by atoms with Gasteiger partial charge in [-0.2, -0.15) is 0 Å². The quantitative estimate of drug-likeness (QED) is 0.856. The maximum atomic E-state index is 6.04. The van der Waals surface area contributed by atoms with Gasteiger partial charge in [0.1, 0.15) is 6.54 Å². The third-order valence-electron chi connectivity index (χ3n) is 3.65. The van der Waals surface area contributed by atoms with E-state index in [0.717, 1.165) is 18.0 Å². The average molecular weight is 264 g/mol. The molecular formula is C16H26NO2+. The zero-order valence-corrected chi connectivity index (χ0v) is 12.3. The Hall–Kier alpha value is -1.22. The van der Waals surface area contributed by atoms with Gasteiger partial charge in [0.25, 0.3) is 0 Å². The molecule has 0 aromatic heterocycles. The van der Waals surface area contributed by atoms with Gasteiger partial charge in [-0.05, 0) is 57.7 Å². The predicted octanol–water partition coefficient (Wildman–Crippen LogP) is 2.49. The van der Waals surface area contributed by atoms with Gasteiger partial charge in [-0.1, -0.05) is 0 Å². The second kappa shape index (κ2) is 6.80. The van der Waals surface area contributed by atoms with E-state index in [1.807, 2.05) is 0 Å².